The first-order chi connectivity index (χ1) is 7.56. The summed E-state index contributed by atoms with van der Waals surface area (Å²) in [4.78, 5) is 0.404. The van der Waals surface area contributed by atoms with Gasteiger partial charge in [-0.05, 0) is 36.3 Å². The van der Waals surface area contributed by atoms with Gasteiger partial charge in [-0.1, -0.05) is 38.5 Å². The van der Waals surface area contributed by atoms with Crippen molar-refractivity contribution >= 4 is 19.7 Å². The highest BCUT2D eigenvalue weighted by Crippen LogP contribution is 2.23. The average molecular weight is 260 g/mol. The van der Waals surface area contributed by atoms with Gasteiger partial charge in [-0.2, -0.15) is 0 Å². The van der Waals surface area contributed by atoms with E-state index >= 15 is 0 Å². The van der Waals surface area contributed by atoms with Crippen LogP contribution in [0.5, 0.6) is 0 Å². The minimum Gasteiger partial charge on any atom is -0.212 e. The molecule has 0 aliphatic heterocycles. The molecule has 1 aromatic carbocycles. The van der Waals surface area contributed by atoms with Crippen molar-refractivity contribution in [2.24, 2.45) is 0 Å². The maximum Gasteiger partial charge on any atom is 0.229 e. The van der Waals surface area contributed by atoms with Crippen molar-refractivity contribution < 1.29 is 8.42 Å². The summed E-state index contributed by atoms with van der Waals surface area (Å²) in [6, 6.07) is 6.96. The SMILES string of the molecule is CC.CCCSS(=O)(=O)c1ccc(C)cc1. The quantitative estimate of drug-likeness (QED) is 0.771. The Hall–Kier alpha value is -0.480. The number of rotatable bonds is 4. The predicted molar refractivity (Wildman–Crippen MR) is 72.5 cm³/mol. The zero-order valence-electron chi connectivity index (χ0n) is 10.4. The topological polar surface area (TPSA) is 34.1 Å². The lowest BCUT2D eigenvalue weighted by atomic mass is 10.2. The van der Waals surface area contributed by atoms with E-state index < -0.39 is 8.87 Å². The molecule has 2 nitrogen and oxygen atoms in total. The Balaban J connectivity index is 0.00000106. The van der Waals surface area contributed by atoms with Gasteiger partial charge in [0.2, 0.25) is 8.87 Å². The van der Waals surface area contributed by atoms with Crippen LogP contribution >= 0.6 is 10.8 Å². The van der Waals surface area contributed by atoms with Gasteiger partial charge in [0.15, 0.2) is 0 Å². The maximum atomic E-state index is 11.7. The Morgan fingerprint density at radius 1 is 1.12 bits per heavy atom. The molecule has 4 heteroatoms. The van der Waals surface area contributed by atoms with Crippen molar-refractivity contribution in [1.29, 1.82) is 0 Å². The van der Waals surface area contributed by atoms with Crippen molar-refractivity contribution in [3.8, 4) is 0 Å². The summed E-state index contributed by atoms with van der Waals surface area (Å²) in [7, 11) is -2.11. The Bertz CT molecular complexity index is 380. The van der Waals surface area contributed by atoms with E-state index in [9.17, 15) is 8.42 Å². The highest BCUT2D eigenvalue weighted by Gasteiger charge is 2.13. The molecule has 0 N–H and O–H groups in total. The van der Waals surface area contributed by atoms with Gasteiger partial charge in [0, 0.05) is 5.75 Å². The largest absolute Gasteiger partial charge is 0.229 e. The van der Waals surface area contributed by atoms with E-state index in [-0.39, 0.29) is 0 Å². The molecule has 1 rings (SSSR count). The van der Waals surface area contributed by atoms with Gasteiger partial charge >= 0.3 is 0 Å². The second-order valence-corrected chi connectivity index (χ2v) is 7.14. The molecule has 0 saturated heterocycles. The third kappa shape index (κ3) is 5.03. The van der Waals surface area contributed by atoms with Gasteiger partial charge in [0.05, 0.1) is 4.90 Å². The van der Waals surface area contributed by atoms with E-state index in [1.807, 2.05) is 39.8 Å². The van der Waals surface area contributed by atoms with Crippen LogP contribution in [-0.4, -0.2) is 14.2 Å². The second kappa shape index (κ2) is 7.74. The summed E-state index contributed by atoms with van der Waals surface area (Å²) in [5.41, 5.74) is 1.07. The van der Waals surface area contributed by atoms with Crippen LogP contribution in [0, 0.1) is 6.92 Å². The first-order valence-corrected chi connectivity index (χ1v) is 8.51. The standard InChI is InChI=1S/C10H14O2S2.C2H6/c1-3-8-13-14(11,12)10-6-4-9(2)5-7-10;1-2/h4-7H,3,8H2,1-2H3;1-2H3. The minimum atomic E-state index is -3.12. The van der Waals surface area contributed by atoms with E-state index in [1.165, 1.54) is 0 Å². The van der Waals surface area contributed by atoms with E-state index in [2.05, 4.69) is 0 Å². The lowest BCUT2D eigenvalue weighted by molar-refractivity contribution is 0.610. The molecule has 1 aromatic rings. The monoisotopic (exact) mass is 260 g/mol. The fourth-order valence-electron chi connectivity index (χ4n) is 0.966. The Morgan fingerprint density at radius 3 is 2.06 bits per heavy atom. The van der Waals surface area contributed by atoms with Gasteiger partial charge < -0.3 is 0 Å². The normalized spacial score (nSPS) is 10.5. The molecule has 92 valence electrons. The van der Waals surface area contributed by atoms with E-state index in [0.717, 1.165) is 22.8 Å². The van der Waals surface area contributed by atoms with Crippen molar-refractivity contribution in [3.05, 3.63) is 29.8 Å². The molecule has 0 aromatic heterocycles. The lowest BCUT2D eigenvalue weighted by Crippen LogP contribution is -1.96. The van der Waals surface area contributed by atoms with Gasteiger partial charge in [0.1, 0.15) is 0 Å². The van der Waals surface area contributed by atoms with Crippen molar-refractivity contribution in [2.75, 3.05) is 5.75 Å². The highest BCUT2D eigenvalue weighted by atomic mass is 33.1. The van der Waals surface area contributed by atoms with Crippen LogP contribution in [0.2, 0.25) is 0 Å². The molecule has 0 unspecified atom stereocenters. The third-order valence-electron chi connectivity index (χ3n) is 1.75. The first-order valence-electron chi connectivity index (χ1n) is 5.52. The summed E-state index contributed by atoms with van der Waals surface area (Å²) in [5.74, 6) is 0.649. The molecular weight excluding hydrogens is 240 g/mol. The van der Waals surface area contributed by atoms with Crippen LogP contribution < -0.4 is 0 Å². The summed E-state index contributed by atoms with van der Waals surface area (Å²) >= 11 is 0. The Kier molecular flexibility index (Phi) is 7.51. The zero-order valence-corrected chi connectivity index (χ0v) is 12.0. The molecule has 0 saturated carbocycles. The molecule has 0 atom stereocenters. The molecule has 0 amide bonds. The van der Waals surface area contributed by atoms with Crippen molar-refractivity contribution in [1.82, 2.24) is 0 Å². The predicted octanol–water partition coefficient (Wildman–Crippen LogP) is 3.85. The van der Waals surface area contributed by atoms with Crippen LogP contribution in [0.1, 0.15) is 32.8 Å². The summed E-state index contributed by atoms with van der Waals surface area (Å²) in [6.07, 6.45) is 0.871. The summed E-state index contributed by atoms with van der Waals surface area (Å²) < 4.78 is 23.3. The molecule has 0 spiro atoms. The van der Waals surface area contributed by atoms with Crippen molar-refractivity contribution in [3.63, 3.8) is 0 Å². The van der Waals surface area contributed by atoms with Crippen LogP contribution in [0.15, 0.2) is 29.2 Å². The zero-order chi connectivity index (χ0) is 12.6. The number of hydrogen-bond donors (Lipinski definition) is 0. The average Bonchev–Trinajstić information content (AvgIpc) is 2.30. The minimum absolute atomic E-state index is 0.404. The highest BCUT2D eigenvalue weighted by molar-refractivity contribution is 8.72. The second-order valence-electron chi connectivity index (χ2n) is 3.09. The fourth-order valence-corrected chi connectivity index (χ4v) is 3.86. The van der Waals surface area contributed by atoms with Gasteiger partial charge in [-0.25, -0.2) is 8.42 Å². The summed E-state index contributed by atoms with van der Waals surface area (Å²) in [5, 5.41) is 0. The fraction of sp³-hybridized carbons (Fsp3) is 0.500. The maximum absolute atomic E-state index is 11.7. The van der Waals surface area contributed by atoms with Crippen LogP contribution in [-0.2, 0) is 8.87 Å². The molecule has 16 heavy (non-hydrogen) atoms. The van der Waals surface area contributed by atoms with Crippen LogP contribution in [0.3, 0.4) is 0 Å². The molecule has 0 bridgehead atoms. The van der Waals surface area contributed by atoms with Crippen molar-refractivity contribution in [2.45, 2.75) is 39.0 Å². The van der Waals surface area contributed by atoms with Gasteiger partial charge in [-0.15, -0.1) is 0 Å². The molecule has 0 fully saturated rings. The van der Waals surface area contributed by atoms with E-state index in [4.69, 9.17) is 0 Å². The van der Waals surface area contributed by atoms with Gasteiger partial charge in [0.25, 0.3) is 0 Å². The van der Waals surface area contributed by atoms with E-state index in [0.29, 0.717) is 10.6 Å². The number of aryl methyl sites for hydroxylation is 1. The molecule has 0 aliphatic rings. The van der Waals surface area contributed by atoms with Crippen LogP contribution in [0.4, 0.5) is 0 Å². The van der Waals surface area contributed by atoms with Gasteiger partial charge in [-0.3, -0.25) is 0 Å². The molecule has 0 heterocycles. The summed E-state index contributed by atoms with van der Waals surface area (Å²) in [6.45, 7) is 7.91. The Labute approximate surface area is 103 Å². The molecule has 0 aliphatic carbocycles. The van der Waals surface area contributed by atoms with E-state index in [1.54, 1.807) is 12.1 Å². The molecule has 0 radical (unpaired) electrons. The third-order valence-corrected chi connectivity index (χ3v) is 5.50. The Morgan fingerprint density at radius 2 is 1.62 bits per heavy atom. The smallest absolute Gasteiger partial charge is 0.212 e. The number of hydrogen-bond acceptors (Lipinski definition) is 3. The molecular formula is C12H20O2S2. The lowest BCUT2D eigenvalue weighted by Gasteiger charge is -2.02. The number of benzene rings is 1. The van der Waals surface area contributed by atoms with Crippen LogP contribution in [0.25, 0.3) is 0 Å². The first kappa shape index (κ1) is 15.5.